The molecule has 2 aliphatic rings. The highest BCUT2D eigenvalue weighted by molar-refractivity contribution is 5.93. The standard InChI is InChI=1S/C24H22N6O3/c1-2-23(32)29-7-5-28(6-8-29)22-4-3-16(13-26-22)21-11-20(33-19-9-18(31)10-19)15-30-24(21)17(12-25)14-27-30/h1,3-4,11,13-15,18-19,31H,5-10H2/t18-,19-. The van der Waals surface area contributed by atoms with Crippen LogP contribution in [-0.4, -0.2) is 68.9 Å². The molecule has 1 amide bonds. The number of fused-ring (bicyclic) bond motifs is 1. The maximum absolute atomic E-state index is 11.7. The zero-order chi connectivity index (χ0) is 22.9. The van der Waals surface area contributed by atoms with Gasteiger partial charge in [-0.05, 0) is 24.1 Å². The highest BCUT2D eigenvalue weighted by Crippen LogP contribution is 2.33. The van der Waals surface area contributed by atoms with E-state index in [4.69, 9.17) is 11.2 Å². The zero-order valence-corrected chi connectivity index (χ0v) is 17.9. The Balaban J connectivity index is 1.41. The fourth-order valence-corrected chi connectivity index (χ4v) is 4.25. The van der Waals surface area contributed by atoms with Gasteiger partial charge in [-0.15, -0.1) is 6.42 Å². The van der Waals surface area contributed by atoms with Crippen LogP contribution in [0.1, 0.15) is 18.4 Å². The van der Waals surface area contributed by atoms with Crippen molar-refractivity contribution in [3.05, 3.63) is 42.4 Å². The molecule has 166 valence electrons. The number of aliphatic hydroxyl groups is 1. The minimum Gasteiger partial charge on any atom is -0.489 e. The number of aromatic nitrogens is 3. The third-order valence-electron chi connectivity index (χ3n) is 6.15. The molecular formula is C24H22N6O3. The Kier molecular flexibility index (Phi) is 5.33. The first-order valence-corrected chi connectivity index (χ1v) is 10.8. The lowest BCUT2D eigenvalue weighted by atomic mass is 9.92. The largest absolute Gasteiger partial charge is 0.489 e. The SMILES string of the molecule is C#CC(=O)N1CCN(c2ccc(-c3cc(O[C@H]4C[C@H](O)C4)cn4ncc(C#N)c34)cn2)CC1. The summed E-state index contributed by atoms with van der Waals surface area (Å²) in [6.07, 6.45) is 11.1. The summed E-state index contributed by atoms with van der Waals surface area (Å²) in [5.41, 5.74) is 2.79. The third kappa shape index (κ3) is 3.95. The van der Waals surface area contributed by atoms with Crippen LogP contribution in [0.25, 0.3) is 16.6 Å². The van der Waals surface area contributed by atoms with E-state index in [1.807, 2.05) is 18.2 Å². The van der Waals surface area contributed by atoms with Gasteiger partial charge in [0.15, 0.2) is 0 Å². The van der Waals surface area contributed by atoms with E-state index in [-0.39, 0.29) is 18.1 Å². The van der Waals surface area contributed by atoms with Gasteiger partial charge in [0, 0.05) is 56.3 Å². The lowest BCUT2D eigenvalue weighted by Crippen LogP contribution is -2.48. The first-order chi connectivity index (χ1) is 16.1. The van der Waals surface area contributed by atoms with Crippen molar-refractivity contribution in [2.45, 2.75) is 25.0 Å². The summed E-state index contributed by atoms with van der Waals surface area (Å²) in [5, 5.41) is 23.4. The third-order valence-corrected chi connectivity index (χ3v) is 6.15. The second-order valence-corrected chi connectivity index (χ2v) is 8.25. The van der Waals surface area contributed by atoms with Gasteiger partial charge in [-0.2, -0.15) is 10.4 Å². The minimum atomic E-state index is -0.309. The Morgan fingerprint density at radius 1 is 1.21 bits per heavy atom. The number of rotatable bonds is 4. The predicted octanol–water partition coefficient (Wildman–Crippen LogP) is 1.45. The van der Waals surface area contributed by atoms with Crippen molar-refractivity contribution in [2.24, 2.45) is 0 Å². The Bertz CT molecular complexity index is 1270. The predicted molar refractivity (Wildman–Crippen MR) is 120 cm³/mol. The van der Waals surface area contributed by atoms with Gasteiger partial charge < -0.3 is 19.6 Å². The van der Waals surface area contributed by atoms with E-state index in [0.29, 0.717) is 55.9 Å². The number of ether oxygens (including phenoxy) is 1. The lowest BCUT2D eigenvalue weighted by molar-refractivity contribution is -0.125. The van der Waals surface area contributed by atoms with Gasteiger partial charge in [-0.3, -0.25) is 4.79 Å². The van der Waals surface area contributed by atoms with E-state index < -0.39 is 0 Å². The number of nitriles is 1. The van der Waals surface area contributed by atoms with Gasteiger partial charge in [0.1, 0.15) is 23.7 Å². The molecule has 2 fully saturated rings. The Labute approximate surface area is 190 Å². The van der Waals surface area contributed by atoms with E-state index in [0.717, 1.165) is 16.9 Å². The van der Waals surface area contributed by atoms with Gasteiger partial charge in [0.2, 0.25) is 0 Å². The van der Waals surface area contributed by atoms with E-state index >= 15 is 0 Å². The topological polar surface area (TPSA) is 107 Å². The summed E-state index contributed by atoms with van der Waals surface area (Å²) in [4.78, 5) is 20.1. The van der Waals surface area contributed by atoms with Gasteiger partial charge in [-0.1, -0.05) is 0 Å². The number of hydrogen-bond donors (Lipinski definition) is 1. The highest BCUT2D eigenvalue weighted by atomic mass is 16.5. The second kappa shape index (κ2) is 8.45. The van der Waals surface area contributed by atoms with Crippen molar-refractivity contribution in [3.63, 3.8) is 0 Å². The number of terminal acetylenes is 1. The van der Waals surface area contributed by atoms with Gasteiger partial charge in [-0.25, -0.2) is 9.50 Å². The maximum atomic E-state index is 11.7. The number of aliphatic hydroxyl groups excluding tert-OH is 1. The minimum absolute atomic E-state index is 0.0307. The molecule has 5 rings (SSSR count). The molecular weight excluding hydrogens is 420 g/mol. The van der Waals surface area contributed by atoms with Crippen LogP contribution in [0.3, 0.4) is 0 Å². The number of anilines is 1. The van der Waals surface area contributed by atoms with Crippen LogP contribution in [0.4, 0.5) is 5.82 Å². The molecule has 4 heterocycles. The molecule has 0 spiro atoms. The van der Waals surface area contributed by atoms with Crippen molar-refractivity contribution >= 4 is 17.2 Å². The summed E-state index contributed by atoms with van der Waals surface area (Å²) in [5.74, 6) is 3.32. The highest BCUT2D eigenvalue weighted by Gasteiger charge is 2.29. The Morgan fingerprint density at radius 2 is 2.00 bits per heavy atom. The lowest BCUT2D eigenvalue weighted by Gasteiger charge is -2.34. The van der Waals surface area contributed by atoms with Gasteiger partial charge >= 0.3 is 0 Å². The molecule has 0 radical (unpaired) electrons. The average molecular weight is 442 g/mol. The first-order valence-electron chi connectivity index (χ1n) is 10.8. The fourth-order valence-electron chi connectivity index (χ4n) is 4.25. The number of carbonyl (C=O) groups is 1. The number of piperazine rings is 1. The summed E-state index contributed by atoms with van der Waals surface area (Å²) in [6, 6.07) is 7.98. The molecule has 33 heavy (non-hydrogen) atoms. The molecule has 1 saturated heterocycles. The van der Waals surface area contributed by atoms with E-state index in [9.17, 15) is 15.2 Å². The van der Waals surface area contributed by atoms with Crippen LogP contribution < -0.4 is 9.64 Å². The summed E-state index contributed by atoms with van der Waals surface area (Å²) >= 11 is 0. The van der Waals surface area contributed by atoms with E-state index in [1.165, 1.54) is 6.20 Å². The fraction of sp³-hybridized carbons (Fsp3) is 0.333. The number of carbonyl (C=O) groups excluding carboxylic acids is 1. The number of nitrogens with zero attached hydrogens (tertiary/aromatic N) is 6. The molecule has 3 aromatic heterocycles. The Morgan fingerprint density at radius 3 is 2.64 bits per heavy atom. The van der Waals surface area contributed by atoms with Gasteiger partial charge in [0.05, 0.1) is 29.6 Å². The van der Waals surface area contributed by atoms with Crippen molar-refractivity contribution in [1.82, 2.24) is 19.5 Å². The quantitative estimate of drug-likeness (QED) is 0.610. The summed E-state index contributed by atoms with van der Waals surface area (Å²) in [7, 11) is 0. The molecule has 3 aromatic rings. The van der Waals surface area contributed by atoms with Crippen molar-refractivity contribution in [3.8, 4) is 35.3 Å². The molecule has 1 N–H and O–H groups in total. The van der Waals surface area contributed by atoms with E-state index in [2.05, 4.69) is 27.0 Å². The van der Waals surface area contributed by atoms with Crippen LogP contribution in [0, 0.1) is 23.7 Å². The molecule has 9 heteroatoms. The van der Waals surface area contributed by atoms with Crippen molar-refractivity contribution in [2.75, 3.05) is 31.1 Å². The van der Waals surface area contributed by atoms with Crippen molar-refractivity contribution in [1.29, 1.82) is 5.26 Å². The van der Waals surface area contributed by atoms with Crippen LogP contribution in [0.5, 0.6) is 5.75 Å². The molecule has 1 aliphatic carbocycles. The van der Waals surface area contributed by atoms with Crippen LogP contribution in [-0.2, 0) is 4.79 Å². The number of amides is 1. The van der Waals surface area contributed by atoms with Crippen LogP contribution in [0.2, 0.25) is 0 Å². The molecule has 0 bridgehead atoms. The second-order valence-electron chi connectivity index (χ2n) is 8.25. The molecule has 1 saturated carbocycles. The molecule has 0 atom stereocenters. The molecule has 1 aliphatic heterocycles. The van der Waals surface area contributed by atoms with E-state index in [1.54, 1.807) is 21.8 Å². The maximum Gasteiger partial charge on any atom is 0.298 e. The Hall–Kier alpha value is -4.08. The summed E-state index contributed by atoms with van der Waals surface area (Å²) < 4.78 is 7.66. The zero-order valence-electron chi connectivity index (χ0n) is 17.9. The van der Waals surface area contributed by atoms with Crippen LogP contribution in [0.15, 0.2) is 36.8 Å². The monoisotopic (exact) mass is 442 g/mol. The molecule has 0 unspecified atom stereocenters. The van der Waals surface area contributed by atoms with Gasteiger partial charge in [0.25, 0.3) is 5.91 Å². The smallest absolute Gasteiger partial charge is 0.298 e. The normalized spacial score (nSPS) is 20.1. The molecule has 9 nitrogen and oxygen atoms in total. The van der Waals surface area contributed by atoms with Crippen LogP contribution >= 0.6 is 0 Å². The average Bonchev–Trinajstić information content (AvgIpc) is 3.25. The van der Waals surface area contributed by atoms with Crippen molar-refractivity contribution < 1.29 is 14.6 Å². The molecule has 0 aromatic carbocycles. The first kappa shape index (κ1) is 20.8. The summed E-state index contributed by atoms with van der Waals surface area (Å²) in [6.45, 7) is 2.43. The number of pyridine rings is 2. The number of hydrogen-bond acceptors (Lipinski definition) is 7.